The molecule has 9 heteroatoms. The lowest BCUT2D eigenvalue weighted by Crippen LogP contribution is -2.41. The minimum Gasteiger partial charge on any atom is -0.355 e. The fourth-order valence-electron chi connectivity index (χ4n) is 2.31. The second kappa shape index (κ2) is 12.2. The van der Waals surface area contributed by atoms with E-state index in [4.69, 9.17) is 0 Å². The molecular weight excluding hydrogens is 484 g/mol. The second-order valence-electron chi connectivity index (χ2n) is 5.74. The third-order valence-electron chi connectivity index (χ3n) is 3.70. The third-order valence-corrected chi connectivity index (χ3v) is 3.70. The standard InChI is InChI=1S/C19H21F3N4O.HI/c1-23-19(26-12-14-11-16(21)6-7-17(14)22)25-9-8-24-18(27)10-13-2-4-15(20)5-3-13;/h2-7,11H,8-10,12H2,1H3,(H,24,27)(H2,23,25,26);1H. The molecule has 0 saturated heterocycles. The maximum Gasteiger partial charge on any atom is 0.224 e. The maximum atomic E-state index is 13.6. The highest BCUT2D eigenvalue weighted by Gasteiger charge is 2.06. The van der Waals surface area contributed by atoms with Gasteiger partial charge in [-0.3, -0.25) is 9.79 Å². The molecule has 5 nitrogen and oxygen atoms in total. The van der Waals surface area contributed by atoms with E-state index in [0.717, 1.165) is 23.8 Å². The summed E-state index contributed by atoms with van der Waals surface area (Å²) in [6.07, 6.45) is 0.159. The minimum absolute atomic E-state index is 0. The monoisotopic (exact) mass is 506 g/mol. The molecule has 0 unspecified atom stereocenters. The zero-order chi connectivity index (χ0) is 19.6. The normalized spacial score (nSPS) is 10.8. The number of hydrogen-bond donors (Lipinski definition) is 3. The van der Waals surface area contributed by atoms with Crippen molar-refractivity contribution in [1.82, 2.24) is 16.0 Å². The van der Waals surface area contributed by atoms with E-state index in [0.29, 0.717) is 19.0 Å². The predicted octanol–water partition coefficient (Wildman–Crippen LogP) is 2.75. The number of amides is 1. The number of nitrogens with zero attached hydrogens (tertiary/aromatic N) is 1. The van der Waals surface area contributed by atoms with Gasteiger partial charge >= 0.3 is 0 Å². The fraction of sp³-hybridized carbons (Fsp3) is 0.263. The number of carbonyl (C=O) groups is 1. The van der Waals surface area contributed by atoms with E-state index in [9.17, 15) is 18.0 Å². The molecule has 0 heterocycles. The van der Waals surface area contributed by atoms with Gasteiger partial charge in [-0.15, -0.1) is 24.0 Å². The lowest BCUT2D eigenvalue weighted by molar-refractivity contribution is -0.120. The van der Waals surface area contributed by atoms with Gasteiger partial charge in [0.05, 0.1) is 6.42 Å². The number of nitrogens with one attached hydrogen (secondary N) is 3. The van der Waals surface area contributed by atoms with Gasteiger partial charge in [0, 0.05) is 32.2 Å². The Morgan fingerprint density at radius 3 is 2.25 bits per heavy atom. The van der Waals surface area contributed by atoms with E-state index < -0.39 is 11.6 Å². The summed E-state index contributed by atoms with van der Waals surface area (Å²) in [4.78, 5) is 15.8. The lowest BCUT2D eigenvalue weighted by Gasteiger charge is -2.13. The average Bonchev–Trinajstić information content (AvgIpc) is 2.65. The van der Waals surface area contributed by atoms with E-state index in [2.05, 4.69) is 20.9 Å². The Morgan fingerprint density at radius 1 is 0.929 bits per heavy atom. The van der Waals surface area contributed by atoms with Gasteiger partial charge < -0.3 is 16.0 Å². The van der Waals surface area contributed by atoms with Crippen molar-refractivity contribution in [2.75, 3.05) is 20.1 Å². The molecule has 28 heavy (non-hydrogen) atoms. The average molecular weight is 506 g/mol. The number of benzene rings is 2. The first kappa shape index (κ1) is 23.7. The highest BCUT2D eigenvalue weighted by Crippen LogP contribution is 2.09. The van der Waals surface area contributed by atoms with Gasteiger partial charge in [-0.2, -0.15) is 0 Å². The molecule has 0 atom stereocenters. The van der Waals surface area contributed by atoms with Crippen LogP contribution in [0.1, 0.15) is 11.1 Å². The summed E-state index contributed by atoms with van der Waals surface area (Å²) in [7, 11) is 1.55. The summed E-state index contributed by atoms with van der Waals surface area (Å²) in [5.74, 6) is -1.16. The smallest absolute Gasteiger partial charge is 0.224 e. The fourth-order valence-corrected chi connectivity index (χ4v) is 2.31. The Balaban J connectivity index is 0.00000392. The molecule has 152 valence electrons. The SMILES string of the molecule is CN=C(NCCNC(=O)Cc1ccc(F)cc1)NCc1cc(F)ccc1F.I. The highest BCUT2D eigenvalue weighted by atomic mass is 127. The number of hydrogen-bond acceptors (Lipinski definition) is 2. The minimum atomic E-state index is -0.514. The van der Waals surface area contributed by atoms with E-state index in [1.54, 1.807) is 19.2 Å². The van der Waals surface area contributed by atoms with E-state index >= 15 is 0 Å². The van der Waals surface area contributed by atoms with Crippen LogP contribution in [0.4, 0.5) is 13.2 Å². The van der Waals surface area contributed by atoms with Gasteiger partial charge in [0.1, 0.15) is 17.5 Å². The number of aliphatic imine (C=N–C) groups is 1. The number of rotatable bonds is 7. The lowest BCUT2D eigenvalue weighted by atomic mass is 10.1. The zero-order valence-corrected chi connectivity index (χ0v) is 17.6. The van der Waals surface area contributed by atoms with Crippen LogP contribution in [-0.4, -0.2) is 32.0 Å². The maximum absolute atomic E-state index is 13.6. The quantitative estimate of drug-likeness (QED) is 0.234. The molecule has 0 radical (unpaired) electrons. The van der Waals surface area contributed by atoms with Gasteiger partial charge in [-0.05, 0) is 35.9 Å². The third kappa shape index (κ3) is 8.15. The molecule has 3 N–H and O–H groups in total. The van der Waals surface area contributed by atoms with E-state index in [1.165, 1.54) is 12.1 Å². The Morgan fingerprint density at radius 2 is 1.57 bits per heavy atom. The van der Waals surface area contributed by atoms with Crippen LogP contribution in [0.25, 0.3) is 0 Å². The largest absolute Gasteiger partial charge is 0.355 e. The van der Waals surface area contributed by atoms with Crippen LogP contribution in [0.3, 0.4) is 0 Å². The zero-order valence-electron chi connectivity index (χ0n) is 15.3. The molecule has 0 aromatic heterocycles. The van der Waals surface area contributed by atoms with Crippen LogP contribution >= 0.6 is 24.0 Å². The van der Waals surface area contributed by atoms with Gasteiger partial charge in [0.2, 0.25) is 5.91 Å². The van der Waals surface area contributed by atoms with Crippen molar-refractivity contribution in [1.29, 1.82) is 0 Å². The molecule has 0 aliphatic heterocycles. The van der Waals surface area contributed by atoms with Crippen molar-refractivity contribution in [2.24, 2.45) is 4.99 Å². The van der Waals surface area contributed by atoms with Gasteiger partial charge in [0.15, 0.2) is 5.96 Å². The van der Waals surface area contributed by atoms with Crippen LogP contribution in [0, 0.1) is 17.5 Å². The summed E-state index contributed by atoms with van der Waals surface area (Å²) in [5, 5.41) is 8.56. The van der Waals surface area contributed by atoms with Crippen molar-refractivity contribution in [3.05, 3.63) is 71.0 Å². The highest BCUT2D eigenvalue weighted by molar-refractivity contribution is 14.0. The van der Waals surface area contributed by atoms with Gasteiger partial charge in [-0.1, -0.05) is 12.1 Å². The van der Waals surface area contributed by atoms with Crippen molar-refractivity contribution in [3.8, 4) is 0 Å². The molecule has 0 aliphatic carbocycles. The summed E-state index contributed by atoms with van der Waals surface area (Å²) >= 11 is 0. The Bertz CT molecular complexity index is 800. The van der Waals surface area contributed by atoms with E-state index in [1.807, 2.05) is 0 Å². The molecule has 2 rings (SSSR count). The predicted molar refractivity (Wildman–Crippen MR) is 113 cm³/mol. The molecule has 0 saturated carbocycles. The van der Waals surface area contributed by atoms with Crippen molar-refractivity contribution < 1.29 is 18.0 Å². The molecule has 1 amide bonds. The Kier molecular flexibility index (Phi) is 10.4. The molecule has 2 aromatic rings. The Labute approximate surface area is 178 Å². The van der Waals surface area contributed by atoms with Crippen LogP contribution < -0.4 is 16.0 Å². The second-order valence-corrected chi connectivity index (χ2v) is 5.74. The first-order chi connectivity index (χ1) is 13.0. The topological polar surface area (TPSA) is 65.5 Å². The Hall–Kier alpha value is -2.30. The first-order valence-electron chi connectivity index (χ1n) is 8.37. The summed E-state index contributed by atoms with van der Waals surface area (Å²) < 4.78 is 39.6. The molecule has 0 spiro atoms. The van der Waals surface area contributed by atoms with Crippen LogP contribution in [0.15, 0.2) is 47.5 Å². The molecule has 0 aliphatic rings. The number of halogens is 4. The first-order valence-corrected chi connectivity index (χ1v) is 8.37. The van der Waals surface area contributed by atoms with Crippen LogP contribution in [0.2, 0.25) is 0 Å². The molecule has 2 aromatic carbocycles. The van der Waals surface area contributed by atoms with Crippen molar-refractivity contribution in [3.63, 3.8) is 0 Å². The molecule has 0 fully saturated rings. The van der Waals surface area contributed by atoms with Crippen LogP contribution in [0.5, 0.6) is 0 Å². The van der Waals surface area contributed by atoms with Crippen molar-refractivity contribution in [2.45, 2.75) is 13.0 Å². The summed E-state index contributed by atoms with van der Waals surface area (Å²) in [6, 6.07) is 8.97. The van der Waals surface area contributed by atoms with Crippen LogP contribution in [-0.2, 0) is 17.8 Å². The van der Waals surface area contributed by atoms with Crippen molar-refractivity contribution >= 4 is 35.8 Å². The summed E-state index contributed by atoms with van der Waals surface area (Å²) in [5.41, 5.74) is 0.905. The number of guanidine groups is 1. The molecule has 0 bridgehead atoms. The van der Waals surface area contributed by atoms with E-state index in [-0.39, 0.29) is 54.2 Å². The van der Waals surface area contributed by atoms with Gasteiger partial charge in [0.25, 0.3) is 0 Å². The van der Waals surface area contributed by atoms with Gasteiger partial charge in [-0.25, -0.2) is 13.2 Å². The summed E-state index contributed by atoms with van der Waals surface area (Å²) in [6.45, 7) is 0.801. The molecular formula is C19H22F3IN4O. The number of carbonyl (C=O) groups excluding carboxylic acids is 1.